The Morgan fingerprint density at radius 3 is 2.36 bits per heavy atom. The summed E-state index contributed by atoms with van der Waals surface area (Å²) in [5.41, 5.74) is 1.88. The van der Waals surface area contributed by atoms with E-state index in [9.17, 15) is 9.90 Å². The lowest BCUT2D eigenvalue weighted by atomic mass is 10.1. The average molecular weight is 291 g/mol. The highest BCUT2D eigenvalue weighted by Crippen LogP contribution is 2.18. The fraction of sp³-hybridized carbons (Fsp3) is 0.0588. The van der Waals surface area contributed by atoms with Crippen LogP contribution in [0.25, 0.3) is 17.0 Å². The van der Waals surface area contributed by atoms with Crippen molar-refractivity contribution in [1.82, 2.24) is 9.97 Å². The van der Waals surface area contributed by atoms with E-state index in [1.54, 1.807) is 43.3 Å². The molecule has 108 valence electrons. The standard InChI is InChI=1S/C17H13N3O2/c1-2-3-4-15(17(21)22)14-10-19-16(20-11-14)13-7-5-12(9-18)6-8-13/h2-8,10-11H,1H3,(H,21,22)/b3-2+,15-4+. The van der Waals surface area contributed by atoms with Gasteiger partial charge >= 0.3 is 5.97 Å². The second kappa shape index (κ2) is 6.95. The number of aliphatic carboxylic acids is 1. The number of nitrogens with zero attached hydrogens (tertiary/aromatic N) is 3. The van der Waals surface area contributed by atoms with Crippen LogP contribution in [-0.2, 0) is 4.79 Å². The lowest BCUT2D eigenvalue weighted by Gasteiger charge is -2.03. The third-order valence-electron chi connectivity index (χ3n) is 2.92. The fourth-order valence-corrected chi connectivity index (χ4v) is 1.79. The topological polar surface area (TPSA) is 86.9 Å². The summed E-state index contributed by atoms with van der Waals surface area (Å²) < 4.78 is 0. The SMILES string of the molecule is C/C=C/C=C(/C(=O)O)c1cnc(-c2ccc(C#N)cc2)nc1. The molecule has 0 atom stereocenters. The quantitative estimate of drug-likeness (QED) is 0.691. The maximum atomic E-state index is 11.2. The van der Waals surface area contributed by atoms with Crippen LogP contribution in [0.5, 0.6) is 0 Å². The highest BCUT2D eigenvalue weighted by molar-refractivity contribution is 6.15. The predicted octanol–water partition coefficient (Wildman–Crippen LogP) is 3.06. The Morgan fingerprint density at radius 2 is 1.86 bits per heavy atom. The number of carbonyl (C=O) groups is 1. The summed E-state index contributed by atoms with van der Waals surface area (Å²) in [6.45, 7) is 1.81. The van der Waals surface area contributed by atoms with Crippen molar-refractivity contribution >= 4 is 11.5 Å². The van der Waals surface area contributed by atoms with Crippen LogP contribution in [0, 0.1) is 11.3 Å². The van der Waals surface area contributed by atoms with E-state index in [0.717, 1.165) is 5.56 Å². The van der Waals surface area contributed by atoms with Gasteiger partial charge in [-0.25, -0.2) is 14.8 Å². The van der Waals surface area contributed by atoms with Crippen LogP contribution < -0.4 is 0 Å². The summed E-state index contributed by atoms with van der Waals surface area (Å²) in [6.07, 6.45) is 7.85. The second-order valence-corrected chi connectivity index (χ2v) is 4.40. The fourth-order valence-electron chi connectivity index (χ4n) is 1.79. The summed E-state index contributed by atoms with van der Waals surface area (Å²) in [6, 6.07) is 8.91. The molecule has 5 nitrogen and oxygen atoms in total. The molecule has 2 rings (SSSR count). The molecule has 1 heterocycles. The van der Waals surface area contributed by atoms with Gasteiger partial charge in [0.2, 0.25) is 0 Å². The minimum Gasteiger partial charge on any atom is -0.478 e. The molecule has 0 spiro atoms. The molecule has 1 N–H and O–H groups in total. The van der Waals surface area contributed by atoms with Gasteiger partial charge in [0.15, 0.2) is 5.82 Å². The van der Waals surface area contributed by atoms with Crippen LogP contribution >= 0.6 is 0 Å². The molecule has 0 unspecified atom stereocenters. The van der Waals surface area contributed by atoms with Crippen LogP contribution in [0.3, 0.4) is 0 Å². The molecule has 0 fully saturated rings. The van der Waals surface area contributed by atoms with Crippen LogP contribution in [-0.4, -0.2) is 21.0 Å². The molecular formula is C17H13N3O2. The van der Waals surface area contributed by atoms with E-state index in [4.69, 9.17) is 5.26 Å². The van der Waals surface area contributed by atoms with E-state index in [2.05, 4.69) is 9.97 Å². The largest absolute Gasteiger partial charge is 0.478 e. The number of allylic oxidation sites excluding steroid dienone is 3. The van der Waals surface area contributed by atoms with Gasteiger partial charge in [0.25, 0.3) is 0 Å². The molecule has 0 aliphatic heterocycles. The third-order valence-corrected chi connectivity index (χ3v) is 2.92. The van der Waals surface area contributed by atoms with Gasteiger partial charge in [-0.15, -0.1) is 0 Å². The van der Waals surface area contributed by atoms with Gasteiger partial charge in [0, 0.05) is 23.5 Å². The Bertz CT molecular complexity index is 767. The van der Waals surface area contributed by atoms with Crippen molar-refractivity contribution in [2.45, 2.75) is 6.92 Å². The van der Waals surface area contributed by atoms with E-state index >= 15 is 0 Å². The van der Waals surface area contributed by atoms with Gasteiger partial charge in [-0.3, -0.25) is 0 Å². The summed E-state index contributed by atoms with van der Waals surface area (Å²) in [5.74, 6) is -0.558. The van der Waals surface area contributed by atoms with Gasteiger partial charge in [0.1, 0.15) is 0 Å². The van der Waals surface area contributed by atoms with Crippen molar-refractivity contribution in [1.29, 1.82) is 5.26 Å². The molecule has 22 heavy (non-hydrogen) atoms. The molecule has 1 aromatic carbocycles. The smallest absolute Gasteiger partial charge is 0.336 e. The molecule has 1 aromatic heterocycles. The normalized spacial score (nSPS) is 11.4. The zero-order chi connectivity index (χ0) is 15.9. The van der Waals surface area contributed by atoms with E-state index < -0.39 is 5.97 Å². The average Bonchev–Trinajstić information content (AvgIpc) is 2.55. The molecule has 0 saturated carbocycles. The zero-order valence-electron chi connectivity index (χ0n) is 11.9. The summed E-state index contributed by atoms with van der Waals surface area (Å²) in [4.78, 5) is 19.6. The number of carboxylic acids is 1. The summed E-state index contributed by atoms with van der Waals surface area (Å²) >= 11 is 0. The Labute approximate surface area is 127 Å². The van der Waals surface area contributed by atoms with E-state index in [1.807, 2.05) is 6.07 Å². The minimum atomic E-state index is -1.03. The Balaban J connectivity index is 2.33. The van der Waals surface area contributed by atoms with Crippen molar-refractivity contribution in [2.24, 2.45) is 0 Å². The number of hydrogen-bond donors (Lipinski definition) is 1. The first kappa shape index (κ1) is 15.1. The molecule has 0 radical (unpaired) electrons. The van der Waals surface area contributed by atoms with Crippen molar-refractivity contribution in [3.05, 3.63) is 66.0 Å². The van der Waals surface area contributed by atoms with Gasteiger partial charge in [-0.2, -0.15) is 5.26 Å². The summed E-state index contributed by atoms with van der Waals surface area (Å²) in [7, 11) is 0. The number of aromatic nitrogens is 2. The van der Waals surface area contributed by atoms with E-state index in [0.29, 0.717) is 17.0 Å². The minimum absolute atomic E-state index is 0.129. The molecule has 0 bridgehead atoms. The monoisotopic (exact) mass is 291 g/mol. The van der Waals surface area contributed by atoms with Crippen molar-refractivity contribution in [2.75, 3.05) is 0 Å². The maximum Gasteiger partial charge on any atom is 0.336 e. The van der Waals surface area contributed by atoms with Crippen LogP contribution in [0.4, 0.5) is 0 Å². The predicted molar refractivity (Wildman–Crippen MR) is 82.6 cm³/mol. The number of rotatable bonds is 4. The Hall–Kier alpha value is -3.26. The van der Waals surface area contributed by atoms with Crippen molar-refractivity contribution in [3.63, 3.8) is 0 Å². The molecule has 0 amide bonds. The molecule has 2 aromatic rings. The lowest BCUT2D eigenvalue weighted by molar-refractivity contribution is -0.130. The van der Waals surface area contributed by atoms with Gasteiger partial charge < -0.3 is 5.11 Å². The highest BCUT2D eigenvalue weighted by atomic mass is 16.4. The van der Waals surface area contributed by atoms with E-state index in [1.165, 1.54) is 18.5 Å². The second-order valence-electron chi connectivity index (χ2n) is 4.40. The van der Waals surface area contributed by atoms with Crippen molar-refractivity contribution in [3.8, 4) is 17.5 Å². The Morgan fingerprint density at radius 1 is 1.23 bits per heavy atom. The number of nitriles is 1. The number of carboxylic acid groups (broad SMARTS) is 1. The molecule has 0 aliphatic carbocycles. The number of benzene rings is 1. The van der Waals surface area contributed by atoms with Gasteiger partial charge in [0.05, 0.1) is 17.2 Å². The van der Waals surface area contributed by atoms with Crippen molar-refractivity contribution < 1.29 is 9.90 Å². The number of hydrogen-bond acceptors (Lipinski definition) is 4. The Kier molecular flexibility index (Phi) is 4.78. The molecule has 0 aliphatic rings. The molecular weight excluding hydrogens is 278 g/mol. The van der Waals surface area contributed by atoms with E-state index in [-0.39, 0.29) is 5.57 Å². The van der Waals surface area contributed by atoms with Crippen LogP contribution in [0.2, 0.25) is 0 Å². The third kappa shape index (κ3) is 3.44. The van der Waals surface area contributed by atoms with Gasteiger partial charge in [-0.1, -0.05) is 12.2 Å². The van der Waals surface area contributed by atoms with Crippen LogP contribution in [0.15, 0.2) is 54.9 Å². The highest BCUT2D eigenvalue weighted by Gasteiger charge is 2.11. The molecule has 5 heteroatoms. The first-order chi connectivity index (χ1) is 10.7. The summed E-state index contributed by atoms with van der Waals surface area (Å²) in [5, 5.41) is 18.0. The maximum absolute atomic E-state index is 11.2. The van der Waals surface area contributed by atoms with Gasteiger partial charge in [-0.05, 0) is 37.3 Å². The first-order valence-electron chi connectivity index (χ1n) is 6.55. The lowest BCUT2D eigenvalue weighted by Crippen LogP contribution is -2.01. The zero-order valence-corrected chi connectivity index (χ0v) is 11.9. The first-order valence-corrected chi connectivity index (χ1v) is 6.55. The molecule has 0 saturated heterocycles. The van der Waals surface area contributed by atoms with Crippen LogP contribution in [0.1, 0.15) is 18.1 Å².